The van der Waals surface area contributed by atoms with Crippen molar-refractivity contribution in [1.29, 1.82) is 0 Å². The lowest BCUT2D eigenvalue weighted by Gasteiger charge is -2.17. The van der Waals surface area contributed by atoms with E-state index in [-0.39, 0.29) is 11.9 Å². The molecule has 2 aliphatic carbocycles. The Labute approximate surface area is 299 Å². The molecule has 10 heteroatoms. The first-order valence-corrected chi connectivity index (χ1v) is 16.7. The van der Waals surface area contributed by atoms with Crippen LogP contribution in [0, 0.1) is 0 Å². The molecule has 52 heavy (non-hydrogen) atoms. The average Bonchev–Trinajstić information content (AvgIpc) is 3.22. The summed E-state index contributed by atoms with van der Waals surface area (Å²) in [5.41, 5.74) is 14.6. The van der Waals surface area contributed by atoms with Gasteiger partial charge in [-0.25, -0.2) is 4.39 Å². The molecule has 0 spiro atoms. The van der Waals surface area contributed by atoms with Crippen LogP contribution in [-0.2, 0) is 0 Å². The van der Waals surface area contributed by atoms with Crippen LogP contribution in [0.15, 0.2) is 164 Å². The van der Waals surface area contributed by atoms with Crippen molar-refractivity contribution in [3.63, 3.8) is 0 Å². The predicted molar refractivity (Wildman–Crippen MR) is 202 cm³/mol. The molecule has 0 aromatic carbocycles. The van der Waals surface area contributed by atoms with E-state index in [2.05, 4.69) is 30.5 Å². The first kappa shape index (κ1) is 32.2. The molecule has 2 aliphatic rings. The molecule has 0 aliphatic heterocycles. The predicted octanol–water partition coefficient (Wildman–Crippen LogP) is 6.53. The summed E-state index contributed by atoms with van der Waals surface area (Å²) in [6.07, 6.45) is 23.5. The summed E-state index contributed by atoms with van der Waals surface area (Å²) in [7, 11) is 0. The van der Waals surface area contributed by atoms with Crippen molar-refractivity contribution in [3.05, 3.63) is 170 Å². The zero-order valence-corrected chi connectivity index (χ0v) is 27.8. The molecule has 6 aromatic rings. The minimum atomic E-state index is -0.256. The fourth-order valence-corrected chi connectivity index (χ4v) is 5.92. The highest BCUT2D eigenvalue weighted by Gasteiger charge is 2.25. The van der Waals surface area contributed by atoms with Crippen molar-refractivity contribution in [1.82, 2.24) is 35.3 Å². The first-order valence-electron chi connectivity index (χ1n) is 16.7. The van der Waals surface area contributed by atoms with E-state index in [9.17, 15) is 4.39 Å². The molecular formula is C42H31FN9+. The number of nitrogens with zero attached hydrogens (tertiary/aromatic N) is 7. The van der Waals surface area contributed by atoms with E-state index in [1.54, 1.807) is 37.1 Å². The van der Waals surface area contributed by atoms with Gasteiger partial charge >= 0.3 is 0 Å². The number of nitrogens with two attached hydrogens (primary N) is 1. The van der Waals surface area contributed by atoms with Gasteiger partial charge in [-0.1, -0.05) is 30.3 Å². The molecule has 1 unspecified atom stereocenters. The molecule has 6 heterocycles. The molecule has 9 nitrogen and oxygen atoms in total. The van der Waals surface area contributed by atoms with Crippen LogP contribution in [0.3, 0.4) is 0 Å². The van der Waals surface area contributed by atoms with Crippen LogP contribution in [0.4, 0.5) is 4.39 Å². The van der Waals surface area contributed by atoms with Crippen molar-refractivity contribution in [3.8, 4) is 45.0 Å². The summed E-state index contributed by atoms with van der Waals surface area (Å²) in [5.74, 6) is -0.256. The maximum atomic E-state index is 13.6. The van der Waals surface area contributed by atoms with Crippen molar-refractivity contribution in [2.45, 2.75) is 12.5 Å². The molecule has 1 atom stereocenters. The quantitative estimate of drug-likeness (QED) is 0.138. The van der Waals surface area contributed by atoms with Gasteiger partial charge in [0, 0.05) is 71.8 Å². The Morgan fingerprint density at radius 1 is 0.596 bits per heavy atom. The van der Waals surface area contributed by atoms with Crippen molar-refractivity contribution in [2.24, 2.45) is 5.10 Å². The summed E-state index contributed by atoms with van der Waals surface area (Å²) < 4.78 is 13.6. The van der Waals surface area contributed by atoms with Crippen molar-refractivity contribution < 1.29 is 9.80 Å². The second-order valence-corrected chi connectivity index (χ2v) is 12.2. The van der Waals surface area contributed by atoms with E-state index in [1.807, 2.05) is 104 Å². The maximum absolute atomic E-state index is 13.6. The highest BCUT2D eigenvalue weighted by molar-refractivity contribution is 6.61. The number of aromatic nitrogens is 6. The lowest BCUT2D eigenvalue weighted by molar-refractivity contribution is -0.108. The number of allylic oxidation sites excluding steroid dienone is 6. The smallest absolute Gasteiger partial charge is 0.232 e. The second kappa shape index (κ2) is 14.4. The van der Waals surface area contributed by atoms with Crippen LogP contribution in [-0.4, -0.2) is 47.4 Å². The number of pyridine rings is 6. The van der Waals surface area contributed by atoms with Crippen LogP contribution in [0.5, 0.6) is 0 Å². The Bertz CT molecular complexity index is 2380. The van der Waals surface area contributed by atoms with Gasteiger partial charge in [-0.15, -0.1) is 0 Å². The standard InChI is InChI=1S/C42H30FN9/c43-34-5-7-35(8-6-34)51-52-41-22-33(31-3-11-39(49-25-31)37-9-1-29(23-47-37)27-13-17-45-18-14-27)21-36(42(41)44)32-4-12-40(50-26-32)38-10-2-30(24-48-38)28-15-19-46-20-16-28/h1-7,9-26,35,44,51H,8H2/p+1/b44-42?,52-41-. The maximum Gasteiger partial charge on any atom is 0.232 e. The molecule has 0 bridgehead atoms. The number of rotatable bonds is 8. The highest BCUT2D eigenvalue weighted by Crippen LogP contribution is 2.30. The van der Waals surface area contributed by atoms with Crippen LogP contribution in [0.2, 0.25) is 0 Å². The Kier molecular flexibility index (Phi) is 8.92. The van der Waals surface area contributed by atoms with Crippen LogP contribution < -0.4 is 10.8 Å². The molecule has 0 fully saturated rings. The fraction of sp³-hybridized carbons (Fsp3) is 0.0476. The highest BCUT2D eigenvalue weighted by atomic mass is 19.1. The summed E-state index contributed by atoms with van der Waals surface area (Å²) in [6.45, 7) is 0. The number of hydrogen-bond acceptors (Lipinski definition) is 8. The first-order chi connectivity index (χ1) is 25.6. The number of hydrazone groups is 1. The minimum Gasteiger partial charge on any atom is -0.302 e. The Morgan fingerprint density at radius 2 is 1.10 bits per heavy atom. The zero-order chi connectivity index (χ0) is 35.3. The van der Waals surface area contributed by atoms with Gasteiger partial charge in [0.15, 0.2) is 5.71 Å². The van der Waals surface area contributed by atoms with Gasteiger partial charge in [0.05, 0.1) is 34.4 Å². The third-order valence-corrected chi connectivity index (χ3v) is 8.81. The summed E-state index contributed by atoms with van der Waals surface area (Å²) in [6, 6.07) is 23.5. The molecular weight excluding hydrogens is 650 g/mol. The van der Waals surface area contributed by atoms with E-state index < -0.39 is 0 Å². The van der Waals surface area contributed by atoms with Crippen LogP contribution in [0.1, 0.15) is 17.5 Å². The van der Waals surface area contributed by atoms with Crippen LogP contribution >= 0.6 is 0 Å². The average molecular weight is 681 g/mol. The van der Waals surface area contributed by atoms with E-state index in [1.165, 1.54) is 12.2 Å². The van der Waals surface area contributed by atoms with E-state index in [0.29, 0.717) is 17.8 Å². The van der Waals surface area contributed by atoms with Gasteiger partial charge in [-0.2, -0.15) is 5.10 Å². The summed E-state index contributed by atoms with van der Waals surface area (Å²) in [5, 5.41) is 11.5. The third kappa shape index (κ3) is 6.99. The van der Waals surface area contributed by atoms with Gasteiger partial charge in [0.1, 0.15) is 5.83 Å². The molecule has 0 amide bonds. The van der Waals surface area contributed by atoms with Gasteiger partial charge in [-0.3, -0.25) is 35.3 Å². The molecule has 0 radical (unpaired) electrons. The van der Waals surface area contributed by atoms with Gasteiger partial charge in [0.2, 0.25) is 5.71 Å². The number of hydrogen-bond donors (Lipinski definition) is 2. The second-order valence-electron chi connectivity index (χ2n) is 12.2. The Hall–Kier alpha value is -7.07. The number of halogens is 1. The van der Waals surface area contributed by atoms with Crippen molar-refractivity contribution >= 4 is 22.6 Å². The summed E-state index contributed by atoms with van der Waals surface area (Å²) >= 11 is 0. The Balaban J connectivity index is 1.07. The van der Waals surface area contributed by atoms with Crippen molar-refractivity contribution in [2.75, 3.05) is 0 Å². The molecule has 0 saturated heterocycles. The van der Waals surface area contributed by atoms with Crippen LogP contribution in [0.25, 0.3) is 56.2 Å². The molecule has 6 aromatic heterocycles. The van der Waals surface area contributed by atoms with E-state index in [4.69, 9.17) is 15.4 Å². The number of nitrogens with one attached hydrogen (secondary N) is 1. The topological polar surface area (TPSA) is 127 Å². The van der Waals surface area contributed by atoms with Gasteiger partial charge in [0.25, 0.3) is 0 Å². The summed E-state index contributed by atoms with van der Waals surface area (Å²) in [4.78, 5) is 27.0. The minimum absolute atomic E-state index is 0.164. The third-order valence-electron chi connectivity index (χ3n) is 8.81. The van der Waals surface area contributed by atoms with Gasteiger partial charge < -0.3 is 5.43 Å². The molecule has 0 saturated carbocycles. The fourth-order valence-electron chi connectivity index (χ4n) is 5.92. The monoisotopic (exact) mass is 680 g/mol. The SMILES string of the molecule is [NH2+]=C1C(c2ccc(-c3ccc(-c4ccncc4)cn3)nc2)=CC(c2ccc(-c3ccc(-c4ccncc4)cn3)nc2)=C/C1=N/NC1C=CC(F)=CC1. The van der Waals surface area contributed by atoms with Gasteiger partial charge in [-0.05, 0) is 96.0 Å². The normalized spacial score (nSPS) is 16.2. The van der Waals surface area contributed by atoms with E-state index in [0.717, 1.165) is 67.3 Å². The molecule has 3 N–H and O–H groups in total. The lowest BCUT2D eigenvalue weighted by Crippen LogP contribution is -2.46. The largest absolute Gasteiger partial charge is 0.302 e. The molecule has 250 valence electrons. The Morgan fingerprint density at radius 3 is 1.56 bits per heavy atom. The lowest BCUT2D eigenvalue weighted by atomic mass is 9.89. The molecule has 8 rings (SSSR count). The van der Waals surface area contributed by atoms with E-state index >= 15 is 0 Å². The zero-order valence-electron chi connectivity index (χ0n) is 27.8.